The molecule has 0 amide bonds. The van der Waals surface area contributed by atoms with Crippen LogP contribution >= 0.6 is 0 Å². The zero-order valence-corrected chi connectivity index (χ0v) is 23.5. The lowest BCUT2D eigenvalue weighted by Crippen LogP contribution is -2.67. The Labute approximate surface area is 253 Å². The van der Waals surface area contributed by atoms with Crippen molar-refractivity contribution in [2.24, 2.45) is 0 Å². The number of ether oxygens (including phenoxy) is 7. The van der Waals surface area contributed by atoms with E-state index in [1.165, 1.54) is 6.92 Å². The number of rotatable bonds is 9. The van der Waals surface area contributed by atoms with Gasteiger partial charge in [0.1, 0.15) is 85.5 Å². The Hall–Kier alpha value is -1.29. The lowest BCUT2D eigenvalue weighted by atomic mass is 9.96. The summed E-state index contributed by atoms with van der Waals surface area (Å²) in [5, 5.41) is 132. The summed E-state index contributed by atoms with van der Waals surface area (Å²) in [6.45, 7) is -0.350. The number of carbonyl (C=O) groups is 1. The summed E-state index contributed by atoms with van der Waals surface area (Å²) in [6.07, 6.45) is -35.8. The van der Waals surface area contributed by atoms with Crippen LogP contribution in [0.3, 0.4) is 0 Å². The van der Waals surface area contributed by atoms with Crippen molar-refractivity contribution in [1.29, 1.82) is 0 Å². The topological polar surface area (TPSA) is 345 Å². The first-order valence-electron chi connectivity index (χ1n) is 14.0. The highest BCUT2D eigenvalue weighted by molar-refractivity contribution is 5.73. The predicted octanol–water partition coefficient (Wildman–Crippen LogP) is -8.63. The average molecular weight is 665 g/mol. The van der Waals surface area contributed by atoms with E-state index in [1.54, 1.807) is 0 Å². The number of carboxylic acid groups (broad SMARTS) is 1. The van der Waals surface area contributed by atoms with Crippen LogP contribution in [0.2, 0.25) is 0 Å². The standard InChI is InChI=1S/C24H40O21/c1-4-16(10(30)14(34)22(39-4)43-17-5(2-25)40-21(38)12(32)9(17)29)42-23-15(35)11(31)18(6(3-26)41-23)44-24-13(33)7(27)8(28)19(45-24)20(36)37/h4-19,21-35,38H,2-3H2,1H3,(H,36,37)/t4-,5+,6+,7+,8+,9+,10-,11+,12+,13-,14+,15+,16-,17+,18-,19+,21?,22+,23+,24+/m0/s1. The smallest absolute Gasteiger partial charge is 0.335 e. The van der Waals surface area contributed by atoms with Gasteiger partial charge in [0.05, 0.1) is 19.3 Å². The minimum atomic E-state index is -2.05. The zero-order chi connectivity index (χ0) is 33.5. The summed E-state index contributed by atoms with van der Waals surface area (Å²) >= 11 is 0. The molecule has 4 saturated heterocycles. The van der Waals surface area contributed by atoms with Crippen molar-refractivity contribution < 1.29 is 104 Å². The van der Waals surface area contributed by atoms with Gasteiger partial charge in [0.25, 0.3) is 0 Å². The fraction of sp³-hybridized carbons (Fsp3) is 0.958. The van der Waals surface area contributed by atoms with E-state index in [-0.39, 0.29) is 0 Å². The van der Waals surface area contributed by atoms with Gasteiger partial charge in [0.2, 0.25) is 0 Å². The molecule has 4 fully saturated rings. The summed E-state index contributed by atoms with van der Waals surface area (Å²) in [5.41, 5.74) is 0. The number of aliphatic hydroxyl groups is 12. The summed E-state index contributed by atoms with van der Waals surface area (Å²) in [7, 11) is 0. The third-order valence-corrected chi connectivity index (χ3v) is 8.12. The molecule has 1 unspecified atom stereocenters. The Morgan fingerprint density at radius 2 is 0.956 bits per heavy atom. The SMILES string of the molecule is C[C@@H]1O[C@H](O[C@H]2[C@H](O)[C@@H](O)C(O)O[C@@H]2CO)[C@H](O)[C@H](O)[C@H]1O[C@H]1O[C@H](CO)[C@H](O[C@@H]2O[C@@H](C(=O)O)[C@H](O)[C@@H](O)[C@@H]2O)[C@H](O)[C@H]1O. The third kappa shape index (κ3) is 7.26. The van der Waals surface area contributed by atoms with E-state index < -0.39 is 142 Å². The van der Waals surface area contributed by atoms with E-state index in [1.807, 2.05) is 0 Å². The monoisotopic (exact) mass is 664 g/mol. The molecule has 4 heterocycles. The molecule has 0 bridgehead atoms. The van der Waals surface area contributed by atoms with Gasteiger partial charge in [-0.25, -0.2) is 4.79 Å². The van der Waals surface area contributed by atoms with Gasteiger partial charge >= 0.3 is 5.97 Å². The summed E-state index contributed by atoms with van der Waals surface area (Å²) in [5.74, 6) is -1.71. The lowest BCUT2D eigenvalue weighted by Gasteiger charge is -2.48. The van der Waals surface area contributed by atoms with Crippen molar-refractivity contribution in [2.75, 3.05) is 13.2 Å². The highest BCUT2D eigenvalue weighted by Gasteiger charge is 2.55. The van der Waals surface area contributed by atoms with E-state index in [2.05, 4.69) is 0 Å². The van der Waals surface area contributed by atoms with Gasteiger partial charge in [-0.05, 0) is 6.92 Å². The largest absolute Gasteiger partial charge is 0.479 e. The molecule has 0 aromatic carbocycles. The number of aliphatic carboxylic acids is 1. The molecule has 20 atom stereocenters. The average Bonchev–Trinajstić information content (AvgIpc) is 3.00. The molecule has 0 saturated carbocycles. The first-order chi connectivity index (χ1) is 21.1. The third-order valence-electron chi connectivity index (χ3n) is 8.12. The number of aliphatic hydroxyl groups excluding tert-OH is 12. The van der Waals surface area contributed by atoms with Crippen LogP contribution in [0.25, 0.3) is 0 Å². The number of carboxylic acids is 1. The van der Waals surface area contributed by atoms with Crippen molar-refractivity contribution in [3.8, 4) is 0 Å². The minimum Gasteiger partial charge on any atom is -0.479 e. The molecule has 21 heteroatoms. The fourth-order valence-corrected chi connectivity index (χ4v) is 5.50. The Kier molecular flexibility index (Phi) is 12.1. The minimum absolute atomic E-state index is 0.775. The van der Waals surface area contributed by atoms with Crippen molar-refractivity contribution >= 4 is 5.97 Å². The van der Waals surface area contributed by atoms with E-state index in [0.717, 1.165) is 0 Å². The van der Waals surface area contributed by atoms with Crippen LogP contribution < -0.4 is 0 Å². The maximum Gasteiger partial charge on any atom is 0.335 e. The summed E-state index contributed by atoms with van der Waals surface area (Å²) < 4.78 is 37.5. The second-order valence-corrected chi connectivity index (χ2v) is 11.2. The molecule has 262 valence electrons. The molecule has 45 heavy (non-hydrogen) atoms. The molecule has 0 radical (unpaired) electrons. The van der Waals surface area contributed by atoms with E-state index >= 15 is 0 Å². The second kappa shape index (κ2) is 14.9. The molecular weight excluding hydrogens is 624 g/mol. The van der Waals surface area contributed by atoms with Crippen LogP contribution in [0.1, 0.15) is 6.92 Å². The Balaban J connectivity index is 1.41. The van der Waals surface area contributed by atoms with Gasteiger partial charge < -0.3 is 99.5 Å². The van der Waals surface area contributed by atoms with Gasteiger partial charge in [-0.15, -0.1) is 0 Å². The fourth-order valence-electron chi connectivity index (χ4n) is 5.50. The van der Waals surface area contributed by atoms with Crippen molar-refractivity contribution in [3.63, 3.8) is 0 Å². The van der Waals surface area contributed by atoms with E-state index in [0.29, 0.717) is 0 Å². The second-order valence-electron chi connectivity index (χ2n) is 11.2. The van der Waals surface area contributed by atoms with Crippen LogP contribution in [-0.2, 0) is 38.0 Å². The first-order valence-corrected chi connectivity index (χ1v) is 14.0. The molecular formula is C24H40O21. The molecule has 4 rings (SSSR count). The maximum atomic E-state index is 11.4. The lowest BCUT2D eigenvalue weighted by molar-refractivity contribution is -0.384. The predicted molar refractivity (Wildman–Crippen MR) is 133 cm³/mol. The molecule has 0 aromatic heterocycles. The molecule has 21 nitrogen and oxygen atoms in total. The Morgan fingerprint density at radius 3 is 1.49 bits per heavy atom. The van der Waals surface area contributed by atoms with Crippen molar-refractivity contribution in [3.05, 3.63) is 0 Å². The maximum absolute atomic E-state index is 11.4. The van der Waals surface area contributed by atoms with Crippen LogP contribution in [0.4, 0.5) is 0 Å². The summed E-state index contributed by atoms with van der Waals surface area (Å²) in [4.78, 5) is 11.4. The van der Waals surface area contributed by atoms with Gasteiger partial charge in [-0.1, -0.05) is 0 Å². The highest BCUT2D eigenvalue weighted by atomic mass is 16.8. The molecule has 0 aromatic rings. The number of hydrogen-bond acceptors (Lipinski definition) is 20. The highest BCUT2D eigenvalue weighted by Crippen LogP contribution is 2.34. The van der Waals surface area contributed by atoms with Crippen LogP contribution in [0.5, 0.6) is 0 Å². The molecule has 13 N–H and O–H groups in total. The van der Waals surface area contributed by atoms with Gasteiger partial charge in [0, 0.05) is 0 Å². The quantitative estimate of drug-likeness (QED) is 0.109. The Bertz CT molecular complexity index is 971. The van der Waals surface area contributed by atoms with E-state index in [9.17, 15) is 71.2 Å². The Morgan fingerprint density at radius 1 is 0.533 bits per heavy atom. The van der Waals surface area contributed by atoms with Crippen LogP contribution in [0, 0.1) is 0 Å². The zero-order valence-electron chi connectivity index (χ0n) is 23.5. The molecule has 4 aliphatic rings. The van der Waals surface area contributed by atoms with Gasteiger partial charge in [-0.2, -0.15) is 0 Å². The van der Waals surface area contributed by atoms with Gasteiger partial charge in [0.15, 0.2) is 31.3 Å². The summed E-state index contributed by atoms with van der Waals surface area (Å²) in [6, 6.07) is 0. The van der Waals surface area contributed by atoms with Crippen molar-refractivity contribution in [2.45, 2.75) is 130 Å². The molecule has 0 aliphatic carbocycles. The normalized spacial score (nSPS) is 52.8. The molecule has 0 spiro atoms. The molecule has 4 aliphatic heterocycles. The number of hydrogen-bond donors (Lipinski definition) is 13. The van der Waals surface area contributed by atoms with Crippen molar-refractivity contribution in [1.82, 2.24) is 0 Å². The van der Waals surface area contributed by atoms with Crippen LogP contribution in [0.15, 0.2) is 0 Å². The first kappa shape index (κ1) is 36.5. The van der Waals surface area contributed by atoms with Crippen LogP contribution in [-0.4, -0.2) is 208 Å². The van der Waals surface area contributed by atoms with E-state index in [4.69, 9.17) is 33.2 Å². The van der Waals surface area contributed by atoms with Gasteiger partial charge in [-0.3, -0.25) is 0 Å².